The standard InChI is InChI=1S/C13H14BrClN4O2/c1-2-8(3-12(20)21)7-19-13(16-17-18-19)9-4-10(14)6-11(15)5-9/h4-6,8H,2-3,7H2,1H3,(H,20,21). The zero-order valence-corrected chi connectivity index (χ0v) is 13.7. The lowest BCUT2D eigenvalue weighted by Crippen LogP contribution is -2.16. The molecular formula is C13H14BrClN4O2. The van der Waals surface area contributed by atoms with E-state index in [2.05, 4.69) is 31.5 Å². The summed E-state index contributed by atoms with van der Waals surface area (Å²) in [4.78, 5) is 10.9. The highest BCUT2D eigenvalue weighted by molar-refractivity contribution is 9.10. The lowest BCUT2D eigenvalue weighted by atomic mass is 10.0. The first-order valence-electron chi connectivity index (χ1n) is 6.44. The molecule has 0 radical (unpaired) electrons. The third-order valence-electron chi connectivity index (χ3n) is 3.12. The molecule has 0 aliphatic heterocycles. The van der Waals surface area contributed by atoms with Gasteiger partial charge in [-0.25, -0.2) is 4.68 Å². The molecule has 0 bridgehead atoms. The van der Waals surface area contributed by atoms with Crippen LogP contribution in [-0.2, 0) is 11.3 Å². The van der Waals surface area contributed by atoms with Gasteiger partial charge in [0.2, 0.25) is 0 Å². The fourth-order valence-electron chi connectivity index (χ4n) is 2.05. The van der Waals surface area contributed by atoms with Gasteiger partial charge in [0.25, 0.3) is 0 Å². The second-order valence-corrected chi connectivity index (χ2v) is 6.07. The van der Waals surface area contributed by atoms with Crippen LogP contribution in [0.15, 0.2) is 22.7 Å². The van der Waals surface area contributed by atoms with Gasteiger partial charge in [0.05, 0.1) is 0 Å². The van der Waals surface area contributed by atoms with Crippen molar-refractivity contribution in [2.45, 2.75) is 26.3 Å². The molecule has 112 valence electrons. The number of halogens is 2. The Hall–Kier alpha value is -1.47. The number of hydrogen-bond donors (Lipinski definition) is 1. The van der Waals surface area contributed by atoms with Crippen molar-refractivity contribution < 1.29 is 9.90 Å². The van der Waals surface area contributed by atoms with Crippen LogP contribution < -0.4 is 0 Å². The average molecular weight is 374 g/mol. The first-order valence-corrected chi connectivity index (χ1v) is 7.61. The summed E-state index contributed by atoms with van der Waals surface area (Å²) >= 11 is 9.42. The van der Waals surface area contributed by atoms with Crippen molar-refractivity contribution in [1.29, 1.82) is 0 Å². The van der Waals surface area contributed by atoms with E-state index in [4.69, 9.17) is 16.7 Å². The van der Waals surface area contributed by atoms with Crippen molar-refractivity contribution in [3.8, 4) is 11.4 Å². The molecule has 0 fully saturated rings. The van der Waals surface area contributed by atoms with E-state index < -0.39 is 5.97 Å². The Kier molecular flexibility index (Phi) is 5.30. The van der Waals surface area contributed by atoms with Gasteiger partial charge < -0.3 is 5.11 Å². The highest BCUT2D eigenvalue weighted by Gasteiger charge is 2.17. The van der Waals surface area contributed by atoms with Crippen LogP contribution in [-0.4, -0.2) is 31.3 Å². The fourth-order valence-corrected chi connectivity index (χ4v) is 2.91. The van der Waals surface area contributed by atoms with Crippen LogP contribution in [0, 0.1) is 5.92 Å². The number of aromatic nitrogens is 4. The zero-order chi connectivity index (χ0) is 15.4. The largest absolute Gasteiger partial charge is 0.481 e. The Morgan fingerprint density at radius 3 is 2.86 bits per heavy atom. The van der Waals surface area contributed by atoms with E-state index in [9.17, 15) is 4.79 Å². The predicted molar refractivity (Wildman–Crippen MR) is 82.0 cm³/mol. The number of aliphatic carboxylic acids is 1. The summed E-state index contributed by atoms with van der Waals surface area (Å²) in [5.74, 6) is -0.267. The second kappa shape index (κ2) is 7.00. The maximum Gasteiger partial charge on any atom is 0.303 e. The van der Waals surface area contributed by atoms with Gasteiger partial charge in [0, 0.05) is 28.0 Å². The third-order valence-corrected chi connectivity index (χ3v) is 3.80. The van der Waals surface area contributed by atoms with E-state index in [0.29, 0.717) is 17.4 Å². The van der Waals surface area contributed by atoms with E-state index >= 15 is 0 Å². The van der Waals surface area contributed by atoms with Crippen LogP contribution in [0.4, 0.5) is 0 Å². The molecule has 1 unspecified atom stereocenters. The van der Waals surface area contributed by atoms with Gasteiger partial charge in [-0.05, 0) is 34.5 Å². The van der Waals surface area contributed by atoms with Crippen LogP contribution >= 0.6 is 27.5 Å². The number of benzene rings is 1. The van der Waals surface area contributed by atoms with Crippen LogP contribution in [0.2, 0.25) is 5.02 Å². The molecule has 0 amide bonds. The number of rotatable bonds is 6. The number of nitrogens with zero attached hydrogens (tertiary/aromatic N) is 4. The fraction of sp³-hybridized carbons (Fsp3) is 0.385. The van der Waals surface area contributed by atoms with Crippen LogP contribution in [0.3, 0.4) is 0 Å². The smallest absolute Gasteiger partial charge is 0.303 e. The summed E-state index contributed by atoms with van der Waals surface area (Å²) in [5.41, 5.74) is 0.782. The van der Waals surface area contributed by atoms with Crippen molar-refractivity contribution in [3.05, 3.63) is 27.7 Å². The normalized spacial score (nSPS) is 12.3. The zero-order valence-electron chi connectivity index (χ0n) is 11.3. The SMILES string of the molecule is CCC(CC(=O)O)Cn1nnnc1-c1cc(Cl)cc(Br)c1. The molecule has 8 heteroatoms. The Morgan fingerprint density at radius 1 is 1.48 bits per heavy atom. The van der Waals surface area contributed by atoms with Crippen LogP contribution in [0.1, 0.15) is 19.8 Å². The lowest BCUT2D eigenvalue weighted by molar-refractivity contribution is -0.138. The molecule has 0 saturated heterocycles. The number of tetrazole rings is 1. The van der Waals surface area contributed by atoms with Crippen molar-refractivity contribution >= 4 is 33.5 Å². The summed E-state index contributed by atoms with van der Waals surface area (Å²) in [5, 5.41) is 21.1. The maximum absolute atomic E-state index is 10.9. The Balaban J connectivity index is 2.27. The predicted octanol–water partition coefficient (Wildman–Crippen LogP) is 3.26. The van der Waals surface area contributed by atoms with E-state index in [-0.39, 0.29) is 12.3 Å². The Labute approximate surface area is 135 Å². The van der Waals surface area contributed by atoms with Gasteiger partial charge in [0.1, 0.15) is 0 Å². The Morgan fingerprint density at radius 2 is 2.24 bits per heavy atom. The number of carboxylic acid groups (broad SMARTS) is 1. The molecule has 0 spiro atoms. The lowest BCUT2D eigenvalue weighted by Gasteiger charge is -2.13. The monoisotopic (exact) mass is 372 g/mol. The van der Waals surface area contributed by atoms with Crippen molar-refractivity contribution in [2.75, 3.05) is 0 Å². The highest BCUT2D eigenvalue weighted by atomic mass is 79.9. The van der Waals surface area contributed by atoms with E-state index in [0.717, 1.165) is 16.5 Å². The first-order chi connectivity index (χ1) is 9.99. The van der Waals surface area contributed by atoms with Crippen molar-refractivity contribution in [1.82, 2.24) is 20.2 Å². The average Bonchev–Trinajstić information content (AvgIpc) is 2.84. The van der Waals surface area contributed by atoms with Crippen molar-refractivity contribution in [3.63, 3.8) is 0 Å². The number of hydrogen-bond acceptors (Lipinski definition) is 4. The number of carbonyl (C=O) groups is 1. The van der Waals surface area contributed by atoms with Gasteiger partial charge in [-0.1, -0.05) is 40.9 Å². The molecule has 1 N–H and O–H groups in total. The van der Waals surface area contributed by atoms with Gasteiger partial charge in [0.15, 0.2) is 5.82 Å². The van der Waals surface area contributed by atoms with Gasteiger partial charge in [-0.15, -0.1) is 5.10 Å². The highest BCUT2D eigenvalue weighted by Crippen LogP contribution is 2.26. The molecule has 21 heavy (non-hydrogen) atoms. The minimum absolute atomic E-state index is 0.0209. The topological polar surface area (TPSA) is 80.9 Å². The first kappa shape index (κ1) is 15.9. The van der Waals surface area contributed by atoms with E-state index in [1.54, 1.807) is 16.8 Å². The minimum Gasteiger partial charge on any atom is -0.481 e. The van der Waals surface area contributed by atoms with E-state index in [1.807, 2.05) is 13.0 Å². The maximum atomic E-state index is 10.9. The molecule has 6 nitrogen and oxygen atoms in total. The molecule has 0 aliphatic rings. The molecule has 2 rings (SSSR count). The summed E-state index contributed by atoms with van der Waals surface area (Å²) in [6.45, 7) is 2.41. The van der Waals surface area contributed by atoms with Gasteiger partial charge >= 0.3 is 5.97 Å². The summed E-state index contributed by atoms with van der Waals surface area (Å²) in [6, 6.07) is 5.41. The number of carboxylic acids is 1. The molecule has 0 saturated carbocycles. The summed E-state index contributed by atoms with van der Waals surface area (Å²) in [6.07, 6.45) is 0.833. The summed E-state index contributed by atoms with van der Waals surface area (Å²) in [7, 11) is 0. The van der Waals surface area contributed by atoms with Gasteiger partial charge in [-0.3, -0.25) is 4.79 Å². The molecular weight excluding hydrogens is 360 g/mol. The molecule has 2 aromatic rings. The molecule has 1 heterocycles. The molecule has 0 aliphatic carbocycles. The Bertz CT molecular complexity index is 627. The van der Waals surface area contributed by atoms with E-state index in [1.165, 1.54) is 0 Å². The molecule has 1 aromatic heterocycles. The van der Waals surface area contributed by atoms with Crippen molar-refractivity contribution in [2.24, 2.45) is 5.92 Å². The summed E-state index contributed by atoms with van der Waals surface area (Å²) < 4.78 is 2.45. The molecule has 1 aromatic carbocycles. The quantitative estimate of drug-likeness (QED) is 0.840. The second-order valence-electron chi connectivity index (χ2n) is 4.71. The van der Waals surface area contributed by atoms with Gasteiger partial charge in [-0.2, -0.15) is 0 Å². The molecule has 1 atom stereocenters. The minimum atomic E-state index is -0.818. The van der Waals surface area contributed by atoms with Crippen LogP contribution in [0.25, 0.3) is 11.4 Å². The van der Waals surface area contributed by atoms with Crippen LogP contribution in [0.5, 0.6) is 0 Å². The third kappa shape index (κ3) is 4.25.